The average molecular weight is 347 g/mol. The molecular formula is C15H13N3O5S. The van der Waals surface area contributed by atoms with Crippen molar-refractivity contribution >= 4 is 34.6 Å². The maximum atomic E-state index is 12.1. The number of methoxy groups -OCH3 is 1. The monoisotopic (exact) mass is 347 g/mol. The minimum Gasteiger partial charge on any atom is -0.506 e. The highest BCUT2D eigenvalue weighted by Gasteiger charge is 2.13. The molecule has 1 amide bonds. The number of nitrogens with one attached hydrogen (secondary N) is 2. The van der Waals surface area contributed by atoms with Crippen LogP contribution in [0.15, 0.2) is 42.5 Å². The molecule has 0 heterocycles. The van der Waals surface area contributed by atoms with Crippen molar-refractivity contribution in [3.8, 4) is 11.5 Å². The molecule has 0 bridgehead atoms. The van der Waals surface area contributed by atoms with Crippen LogP contribution in [0.3, 0.4) is 0 Å². The molecule has 2 aromatic rings. The lowest BCUT2D eigenvalue weighted by Crippen LogP contribution is -2.34. The van der Waals surface area contributed by atoms with Crippen LogP contribution >= 0.6 is 12.2 Å². The number of hydrogen-bond donors (Lipinski definition) is 3. The normalized spacial score (nSPS) is 9.88. The first-order valence-corrected chi connectivity index (χ1v) is 7.05. The average Bonchev–Trinajstić information content (AvgIpc) is 2.56. The summed E-state index contributed by atoms with van der Waals surface area (Å²) >= 11 is 4.98. The number of anilines is 1. The van der Waals surface area contributed by atoms with E-state index in [1.54, 1.807) is 24.3 Å². The fourth-order valence-electron chi connectivity index (χ4n) is 1.81. The van der Waals surface area contributed by atoms with Crippen LogP contribution in [0, 0.1) is 10.1 Å². The van der Waals surface area contributed by atoms with Gasteiger partial charge in [-0.2, -0.15) is 0 Å². The van der Waals surface area contributed by atoms with Crippen LogP contribution in [0.2, 0.25) is 0 Å². The number of phenols is 1. The van der Waals surface area contributed by atoms with Crippen LogP contribution in [0.1, 0.15) is 10.4 Å². The highest BCUT2D eigenvalue weighted by Crippen LogP contribution is 2.27. The van der Waals surface area contributed by atoms with Gasteiger partial charge in [0.1, 0.15) is 11.5 Å². The number of carbonyl (C=O) groups is 1. The Morgan fingerprint density at radius 2 is 1.92 bits per heavy atom. The van der Waals surface area contributed by atoms with Crippen molar-refractivity contribution in [1.29, 1.82) is 0 Å². The van der Waals surface area contributed by atoms with Gasteiger partial charge >= 0.3 is 0 Å². The molecular weight excluding hydrogens is 334 g/mol. The number of rotatable bonds is 4. The first-order chi connectivity index (χ1) is 11.4. The largest absolute Gasteiger partial charge is 0.506 e. The quantitative estimate of drug-likeness (QED) is 0.337. The third-order valence-electron chi connectivity index (χ3n) is 3.02. The van der Waals surface area contributed by atoms with E-state index in [1.807, 2.05) is 0 Å². The van der Waals surface area contributed by atoms with E-state index >= 15 is 0 Å². The highest BCUT2D eigenvalue weighted by atomic mass is 32.1. The van der Waals surface area contributed by atoms with E-state index in [-0.39, 0.29) is 22.2 Å². The van der Waals surface area contributed by atoms with E-state index < -0.39 is 10.8 Å². The predicted molar refractivity (Wildman–Crippen MR) is 91.4 cm³/mol. The summed E-state index contributed by atoms with van der Waals surface area (Å²) in [6.07, 6.45) is 0. The van der Waals surface area contributed by atoms with Crippen molar-refractivity contribution in [1.82, 2.24) is 5.32 Å². The third-order valence-corrected chi connectivity index (χ3v) is 3.22. The summed E-state index contributed by atoms with van der Waals surface area (Å²) in [5.74, 6) is -0.101. The Kier molecular flexibility index (Phi) is 5.27. The summed E-state index contributed by atoms with van der Waals surface area (Å²) < 4.78 is 5.00. The second-order valence-corrected chi connectivity index (χ2v) is 5.00. The van der Waals surface area contributed by atoms with Crippen molar-refractivity contribution in [2.45, 2.75) is 0 Å². The van der Waals surface area contributed by atoms with Crippen molar-refractivity contribution in [3.05, 3.63) is 58.1 Å². The molecule has 0 saturated heterocycles. The summed E-state index contributed by atoms with van der Waals surface area (Å²) in [7, 11) is 1.51. The van der Waals surface area contributed by atoms with Gasteiger partial charge in [0, 0.05) is 17.7 Å². The molecule has 0 aliphatic heterocycles. The van der Waals surface area contributed by atoms with E-state index in [0.717, 1.165) is 18.2 Å². The number of aromatic hydroxyl groups is 1. The van der Waals surface area contributed by atoms with E-state index in [4.69, 9.17) is 17.0 Å². The van der Waals surface area contributed by atoms with Gasteiger partial charge < -0.3 is 15.2 Å². The standard InChI is InChI=1S/C15H13N3O5S/c1-23-11-5-2-9(3-6-11)14(20)17-15(24)16-12-8-10(18(21)22)4-7-13(12)19/h2-8,19H,1H3,(H2,16,17,20,24). The van der Waals surface area contributed by atoms with Crippen LogP contribution in [-0.2, 0) is 0 Å². The first-order valence-electron chi connectivity index (χ1n) is 6.64. The fourth-order valence-corrected chi connectivity index (χ4v) is 2.01. The Morgan fingerprint density at radius 3 is 2.50 bits per heavy atom. The Labute approximate surface area is 142 Å². The van der Waals surface area contributed by atoms with Crippen molar-refractivity contribution in [3.63, 3.8) is 0 Å². The van der Waals surface area contributed by atoms with Crippen molar-refractivity contribution in [2.24, 2.45) is 0 Å². The summed E-state index contributed by atoms with van der Waals surface area (Å²) in [5.41, 5.74) is 0.145. The van der Waals surface area contributed by atoms with Gasteiger partial charge in [0.25, 0.3) is 11.6 Å². The van der Waals surface area contributed by atoms with Gasteiger partial charge in [-0.05, 0) is 42.5 Å². The number of benzene rings is 2. The van der Waals surface area contributed by atoms with Gasteiger partial charge in [-0.15, -0.1) is 0 Å². The SMILES string of the molecule is COc1ccc(C(=O)NC(=S)Nc2cc([N+](=O)[O-])ccc2O)cc1. The van der Waals surface area contributed by atoms with E-state index in [9.17, 15) is 20.0 Å². The summed E-state index contributed by atoms with van der Waals surface area (Å²) in [5, 5.41) is 25.3. The molecule has 24 heavy (non-hydrogen) atoms. The Morgan fingerprint density at radius 1 is 1.25 bits per heavy atom. The van der Waals surface area contributed by atoms with Crippen LogP contribution in [0.25, 0.3) is 0 Å². The topological polar surface area (TPSA) is 114 Å². The molecule has 2 aromatic carbocycles. The van der Waals surface area contributed by atoms with Crippen molar-refractivity contribution in [2.75, 3.05) is 12.4 Å². The van der Waals surface area contributed by atoms with Crippen LogP contribution in [-0.4, -0.2) is 28.2 Å². The zero-order valence-electron chi connectivity index (χ0n) is 12.5. The zero-order chi connectivity index (χ0) is 17.7. The minimum absolute atomic E-state index is 0.0178. The van der Waals surface area contributed by atoms with Gasteiger partial charge in [-0.25, -0.2) is 0 Å². The van der Waals surface area contributed by atoms with Gasteiger partial charge in [0.2, 0.25) is 0 Å². The van der Waals surface area contributed by atoms with Crippen LogP contribution < -0.4 is 15.4 Å². The number of amides is 1. The lowest BCUT2D eigenvalue weighted by molar-refractivity contribution is -0.384. The molecule has 0 atom stereocenters. The Balaban J connectivity index is 2.06. The number of nitro benzene ring substituents is 1. The summed E-state index contributed by atoms with van der Waals surface area (Å²) in [4.78, 5) is 22.2. The molecule has 9 heteroatoms. The number of nitrogens with zero attached hydrogens (tertiary/aromatic N) is 1. The summed E-state index contributed by atoms with van der Waals surface area (Å²) in [6, 6.07) is 9.79. The molecule has 0 aromatic heterocycles. The maximum absolute atomic E-state index is 12.1. The molecule has 3 N–H and O–H groups in total. The Bertz CT molecular complexity index is 792. The maximum Gasteiger partial charge on any atom is 0.271 e. The molecule has 0 fully saturated rings. The fraction of sp³-hybridized carbons (Fsp3) is 0.0667. The molecule has 0 aliphatic carbocycles. The lowest BCUT2D eigenvalue weighted by Gasteiger charge is -2.11. The number of ether oxygens (including phenoxy) is 1. The second-order valence-electron chi connectivity index (χ2n) is 4.60. The molecule has 124 valence electrons. The lowest BCUT2D eigenvalue weighted by atomic mass is 10.2. The molecule has 0 radical (unpaired) electrons. The van der Waals surface area contributed by atoms with Crippen molar-refractivity contribution < 1.29 is 19.6 Å². The summed E-state index contributed by atoms with van der Waals surface area (Å²) in [6.45, 7) is 0. The molecule has 0 spiro atoms. The second kappa shape index (κ2) is 7.38. The molecule has 8 nitrogen and oxygen atoms in total. The molecule has 0 unspecified atom stereocenters. The van der Waals surface area contributed by atoms with Gasteiger partial charge in [0.15, 0.2) is 5.11 Å². The number of nitro groups is 1. The Hall–Kier alpha value is -3.20. The predicted octanol–water partition coefficient (Wildman–Crippen LogP) is 2.44. The number of non-ortho nitro benzene ring substituents is 1. The molecule has 0 saturated carbocycles. The van der Waals surface area contributed by atoms with Gasteiger partial charge in [0.05, 0.1) is 17.7 Å². The number of thiocarbonyl (C=S) groups is 1. The zero-order valence-corrected chi connectivity index (χ0v) is 13.3. The number of phenolic OH excluding ortho intramolecular Hbond substituents is 1. The third kappa shape index (κ3) is 4.17. The van der Waals surface area contributed by atoms with E-state index in [0.29, 0.717) is 11.3 Å². The highest BCUT2D eigenvalue weighted by molar-refractivity contribution is 7.80. The van der Waals surface area contributed by atoms with Gasteiger partial charge in [-0.3, -0.25) is 20.2 Å². The molecule has 2 rings (SSSR count). The van der Waals surface area contributed by atoms with Crippen LogP contribution in [0.5, 0.6) is 11.5 Å². The number of hydrogen-bond acceptors (Lipinski definition) is 6. The van der Waals surface area contributed by atoms with E-state index in [1.165, 1.54) is 7.11 Å². The minimum atomic E-state index is -0.608. The van der Waals surface area contributed by atoms with E-state index in [2.05, 4.69) is 10.6 Å². The van der Waals surface area contributed by atoms with Crippen LogP contribution in [0.4, 0.5) is 11.4 Å². The smallest absolute Gasteiger partial charge is 0.271 e. The molecule has 0 aliphatic rings. The van der Waals surface area contributed by atoms with Gasteiger partial charge in [-0.1, -0.05) is 0 Å². The number of carbonyl (C=O) groups excluding carboxylic acids is 1. The first kappa shape index (κ1) is 17.2.